The fraction of sp³-hybridized carbons (Fsp3) is 0.400. The highest BCUT2D eigenvalue weighted by Crippen LogP contribution is 2.19. The third-order valence-electron chi connectivity index (χ3n) is 4.86. The maximum absolute atomic E-state index is 12.6. The molecule has 2 heterocycles. The molecule has 0 aliphatic carbocycles. The molecule has 0 spiro atoms. The van der Waals surface area contributed by atoms with Crippen LogP contribution in [0.1, 0.15) is 24.2 Å². The van der Waals surface area contributed by atoms with Crippen molar-refractivity contribution in [2.75, 3.05) is 36.5 Å². The van der Waals surface area contributed by atoms with E-state index in [0.717, 1.165) is 37.7 Å². The lowest BCUT2D eigenvalue weighted by atomic mass is 10.2. The van der Waals surface area contributed by atoms with Gasteiger partial charge >= 0.3 is 0 Å². The first-order chi connectivity index (χ1) is 12.1. The van der Waals surface area contributed by atoms with Crippen LogP contribution in [0.15, 0.2) is 42.6 Å². The number of nitrogens with one attached hydrogen (secondary N) is 1. The number of aryl methyl sites for hydroxylation is 1. The number of ether oxygens (including phenoxy) is 1. The summed E-state index contributed by atoms with van der Waals surface area (Å²) in [5.41, 5.74) is 4.27. The minimum atomic E-state index is -0.265. The number of pyridine rings is 1. The molecule has 0 bridgehead atoms. The normalized spacial score (nSPS) is 15.7. The van der Waals surface area contributed by atoms with Gasteiger partial charge in [-0.2, -0.15) is 4.57 Å². The lowest BCUT2D eigenvalue weighted by molar-refractivity contribution is -0.711. The van der Waals surface area contributed by atoms with Crippen LogP contribution < -0.4 is 14.8 Å². The summed E-state index contributed by atoms with van der Waals surface area (Å²) in [4.78, 5) is 14.9. The van der Waals surface area contributed by atoms with E-state index in [2.05, 4.69) is 35.3 Å². The highest BCUT2D eigenvalue weighted by Gasteiger charge is 2.24. The van der Waals surface area contributed by atoms with Crippen molar-refractivity contribution in [2.45, 2.75) is 26.8 Å². The average molecular weight is 340 g/mol. The Kier molecular flexibility index (Phi) is 5.34. The molecule has 25 heavy (non-hydrogen) atoms. The fourth-order valence-electron chi connectivity index (χ4n) is 3.09. The van der Waals surface area contributed by atoms with Crippen molar-refractivity contribution in [2.24, 2.45) is 0 Å². The standard InChI is InChI=1S/C20H25N3O2/c1-15-5-4-10-23(16(15)2)17(3)20(24)21-18-6-8-19(9-7-18)22-11-13-25-14-12-22/h4-10,17H,11-14H2,1-3H3/p+1/t17-/m1/s1. The molecular weight excluding hydrogens is 314 g/mol. The Hall–Kier alpha value is -2.40. The van der Waals surface area contributed by atoms with Gasteiger partial charge in [0.25, 0.3) is 5.91 Å². The Balaban J connectivity index is 1.67. The van der Waals surface area contributed by atoms with Gasteiger partial charge in [-0.05, 0) is 37.3 Å². The molecule has 1 N–H and O–H groups in total. The maximum atomic E-state index is 12.6. The lowest BCUT2D eigenvalue weighted by Gasteiger charge is -2.28. The molecule has 1 aromatic carbocycles. The summed E-state index contributed by atoms with van der Waals surface area (Å²) >= 11 is 0. The Labute approximate surface area is 149 Å². The van der Waals surface area contributed by atoms with Crippen LogP contribution in [0, 0.1) is 13.8 Å². The predicted molar refractivity (Wildman–Crippen MR) is 98.9 cm³/mol. The highest BCUT2D eigenvalue weighted by molar-refractivity contribution is 5.92. The van der Waals surface area contributed by atoms with Crippen molar-refractivity contribution in [3.63, 3.8) is 0 Å². The van der Waals surface area contributed by atoms with E-state index in [4.69, 9.17) is 4.74 Å². The van der Waals surface area contributed by atoms with E-state index in [1.807, 2.05) is 42.8 Å². The van der Waals surface area contributed by atoms with Crippen LogP contribution in [0.4, 0.5) is 11.4 Å². The number of carbonyl (C=O) groups excluding carboxylic acids is 1. The van der Waals surface area contributed by atoms with E-state index in [9.17, 15) is 4.79 Å². The summed E-state index contributed by atoms with van der Waals surface area (Å²) < 4.78 is 7.39. The summed E-state index contributed by atoms with van der Waals surface area (Å²) in [6, 6.07) is 11.8. The fourth-order valence-corrected chi connectivity index (χ4v) is 3.09. The van der Waals surface area contributed by atoms with Crippen molar-refractivity contribution in [1.82, 2.24) is 0 Å². The zero-order valence-corrected chi connectivity index (χ0v) is 15.2. The predicted octanol–water partition coefficient (Wildman–Crippen LogP) is 2.63. The molecule has 0 saturated carbocycles. The van der Waals surface area contributed by atoms with Gasteiger partial charge in [0.15, 0.2) is 11.9 Å². The Bertz CT molecular complexity index is 737. The van der Waals surface area contributed by atoms with E-state index in [-0.39, 0.29) is 11.9 Å². The summed E-state index contributed by atoms with van der Waals surface area (Å²) in [6.45, 7) is 9.37. The van der Waals surface area contributed by atoms with Crippen LogP contribution in [0.3, 0.4) is 0 Å². The number of rotatable bonds is 4. The van der Waals surface area contributed by atoms with Gasteiger partial charge in [0.05, 0.1) is 13.2 Å². The molecule has 132 valence electrons. The van der Waals surface area contributed by atoms with Gasteiger partial charge in [0.1, 0.15) is 0 Å². The maximum Gasteiger partial charge on any atom is 0.293 e. The second kappa shape index (κ2) is 7.66. The number of carbonyl (C=O) groups is 1. The summed E-state index contributed by atoms with van der Waals surface area (Å²) in [7, 11) is 0. The van der Waals surface area contributed by atoms with Crippen LogP contribution in [0.25, 0.3) is 0 Å². The van der Waals surface area contributed by atoms with Gasteiger partial charge < -0.3 is 15.0 Å². The first-order valence-corrected chi connectivity index (χ1v) is 8.77. The number of nitrogens with zero attached hydrogens (tertiary/aromatic N) is 2. The van der Waals surface area contributed by atoms with Crippen molar-refractivity contribution in [3.8, 4) is 0 Å². The van der Waals surface area contributed by atoms with Crippen LogP contribution in [0.2, 0.25) is 0 Å². The van der Waals surface area contributed by atoms with Crippen molar-refractivity contribution < 1.29 is 14.1 Å². The minimum Gasteiger partial charge on any atom is -0.378 e. The number of anilines is 2. The summed E-state index contributed by atoms with van der Waals surface area (Å²) in [5.74, 6) is -0.0159. The second-order valence-corrected chi connectivity index (χ2v) is 6.50. The molecular formula is C20H26N3O2+. The Morgan fingerprint density at radius 1 is 1.16 bits per heavy atom. The molecule has 0 radical (unpaired) electrons. The third kappa shape index (κ3) is 3.99. The minimum absolute atomic E-state index is 0.0159. The smallest absolute Gasteiger partial charge is 0.293 e. The van der Waals surface area contributed by atoms with Crippen LogP contribution in [0.5, 0.6) is 0 Å². The molecule has 3 rings (SSSR count). The largest absolute Gasteiger partial charge is 0.378 e. The van der Waals surface area contributed by atoms with Gasteiger partial charge in [-0.3, -0.25) is 4.79 Å². The quantitative estimate of drug-likeness (QED) is 0.871. The lowest BCUT2D eigenvalue weighted by Crippen LogP contribution is -2.47. The summed E-state index contributed by atoms with van der Waals surface area (Å²) in [6.07, 6.45) is 1.95. The van der Waals surface area contributed by atoms with Gasteiger partial charge in [0, 0.05) is 49.9 Å². The topological polar surface area (TPSA) is 45.5 Å². The Morgan fingerprint density at radius 2 is 1.84 bits per heavy atom. The average Bonchev–Trinajstić information content (AvgIpc) is 2.65. The molecule has 1 saturated heterocycles. The molecule has 1 atom stereocenters. The van der Waals surface area contributed by atoms with Crippen molar-refractivity contribution in [1.29, 1.82) is 0 Å². The number of amides is 1. The number of morpholine rings is 1. The van der Waals surface area contributed by atoms with E-state index >= 15 is 0 Å². The first-order valence-electron chi connectivity index (χ1n) is 8.77. The van der Waals surface area contributed by atoms with E-state index in [1.165, 1.54) is 11.3 Å². The SMILES string of the molecule is Cc1ccc[n+]([C@H](C)C(=O)Nc2ccc(N3CCOCC3)cc2)c1C. The third-order valence-corrected chi connectivity index (χ3v) is 4.86. The molecule has 1 fully saturated rings. The second-order valence-electron chi connectivity index (χ2n) is 6.50. The van der Waals surface area contributed by atoms with Gasteiger partial charge in [-0.1, -0.05) is 0 Å². The molecule has 5 heteroatoms. The zero-order chi connectivity index (χ0) is 17.8. The molecule has 1 aliphatic heterocycles. The molecule has 1 aliphatic rings. The van der Waals surface area contributed by atoms with Crippen LogP contribution in [-0.2, 0) is 9.53 Å². The van der Waals surface area contributed by atoms with Gasteiger partial charge in [-0.25, -0.2) is 0 Å². The summed E-state index contributed by atoms with van der Waals surface area (Å²) in [5, 5.41) is 3.01. The number of hydrogen-bond acceptors (Lipinski definition) is 3. The van der Waals surface area contributed by atoms with E-state index < -0.39 is 0 Å². The van der Waals surface area contributed by atoms with Gasteiger partial charge in [0.2, 0.25) is 6.04 Å². The van der Waals surface area contributed by atoms with Crippen molar-refractivity contribution >= 4 is 17.3 Å². The van der Waals surface area contributed by atoms with E-state index in [0.29, 0.717) is 0 Å². The number of aromatic nitrogens is 1. The van der Waals surface area contributed by atoms with Crippen LogP contribution >= 0.6 is 0 Å². The highest BCUT2D eigenvalue weighted by atomic mass is 16.5. The van der Waals surface area contributed by atoms with Crippen molar-refractivity contribution in [3.05, 3.63) is 53.9 Å². The van der Waals surface area contributed by atoms with E-state index in [1.54, 1.807) is 0 Å². The first kappa shape index (κ1) is 17.4. The molecule has 1 aromatic heterocycles. The monoisotopic (exact) mass is 340 g/mol. The number of hydrogen-bond donors (Lipinski definition) is 1. The zero-order valence-electron chi connectivity index (χ0n) is 15.2. The molecule has 5 nitrogen and oxygen atoms in total. The number of benzene rings is 1. The molecule has 0 unspecified atom stereocenters. The van der Waals surface area contributed by atoms with Crippen LogP contribution in [-0.4, -0.2) is 32.2 Å². The molecule has 1 amide bonds. The van der Waals surface area contributed by atoms with Gasteiger partial charge in [-0.15, -0.1) is 0 Å². The molecule has 2 aromatic rings. The Morgan fingerprint density at radius 3 is 2.52 bits per heavy atom.